The summed E-state index contributed by atoms with van der Waals surface area (Å²) in [6, 6.07) is 6.45. The van der Waals surface area contributed by atoms with E-state index in [1.165, 1.54) is 24.8 Å². The van der Waals surface area contributed by atoms with Gasteiger partial charge in [0.25, 0.3) is 0 Å². The molecule has 3 saturated carbocycles. The number of halogens is 2. The van der Waals surface area contributed by atoms with Crippen LogP contribution < -0.4 is 5.32 Å². The minimum Gasteiger partial charge on any atom is -0.310 e. The summed E-state index contributed by atoms with van der Waals surface area (Å²) >= 11 is 12.7. The summed E-state index contributed by atoms with van der Waals surface area (Å²) < 4.78 is 0. The molecule has 108 valence electrons. The van der Waals surface area contributed by atoms with Gasteiger partial charge in [0.15, 0.2) is 0 Å². The summed E-state index contributed by atoms with van der Waals surface area (Å²) in [7, 11) is 0. The highest BCUT2D eigenvalue weighted by molar-refractivity contribution is 6.42. The summed E-state index contributed by atoms with van der Waals surface area (Å²) in [5, 5.41) is 5.11. The van der Waals surface area contributed by atoms with Crippen LogP contribution in [-0.4, -0.2) is 6.54 Å². The van der Waals surface area contributed by atoms with E-state index < -0.39 is 0 Å². The minimum absolute atomic E-state index is 0.393. The van der Waals surface area contributed by atoms with E-state index in [2.05, 4.69) is 18.3 Å². The molecular formula is C17H21Cl2N. The third-order valence-electron chi connectivity index (χ3n) is 5.92. The Morgan fingerprint density at radius 1 is 1.20 bits per heavy atom. The Hall–Kier alpha value is -0.240. The SMILES string of the molecule is CCNC(c1cccc(Cl)c1Cl)C1C2C3CCC(C3)C21. The van der Waals surface area contributed by atoms with Crippen molar-refractivity contribution in [1.82, 2.24) is 5.32 Å². The van der Waals surface area contributed by atoms with Gasteiger partial charge in [0.1, 0.15) is 0 Å². The van der Waals surface area contributed by atoms with Crippen LogP contribution in [0.15, 0.2) is 18.2 Å². The molecular weight excluding hydrogens is 289 g/mol. The molecule has 5 unspecified atom stereocenters. The van der Waals surface area contributed by atoms with Crippen LogP contribution in [0.4, 0.5) is 0 Å². The molecule has 20 heavy (non-hydrogen) atoms. The van der Waals surface area contributed by atoms with Gasteiger partial charge in [-0.25, -0.2) is 0 Å². The van der Waals surface area contributed by atoms with Gasteiger partial charge < -0.3 is 5.32 Å². The Labute approximate surface area is 131 Å². The second kappa shape index (κ2) is 4.90. The van der Waals surface area contributed by atoms with Crippen LogP contribution in [0.25, 0.3) is 0 Å². The second-order valence-electron chi connectivity index (χ2n) is 6.74. The van der Waals surface area contributed by atoms with E-state index in [1.54, 1.807) is 0 Å². The lowest BCUT2D eigenvalue weighted by molar-refractivity contribution is 0.375. The Kier molecular flexibility index (Phi) is 3.29. The average molecular weight is 310 g/mol. The fourth-order valence-corrected chi connectivity index (χ4v) is 5.70. The lowest BCUT2D eigenvalue weighted by atomic mass is 9.93. The van der Waals surface area contributed by atoms with Crippen molar-refractivity contribution in [1.29, 1.82) is 0 Å². The first-order chi connectivity index (χ1) is 9.72. The van der Waals surface area contributed by atoms with Crippen molar-refractivity contribution in [2.45, 2.75) is 32.2 Å². The van der Waals surface area contributed by atoms with Gasteiger partial charge in [-0.1, -0.05) is 42.3 Å². The third-order valence-corrected chi connectivity index (χ3v) is 6.75. The van der Waals surface area contributed by atoms with E-state index in [-0.39, 0.29) is 0 Å². The predicted molar refractivity (Wildman–Crippen MR) is 84.2 cm³/mol. The molecule has 2 bridgehead atoms. The average Bonchev–Trinajstić information content (AvgIpc) is 2.86. The molecule has 1 aromatic rings. The van der Waals surface area contributed by atoms with E-state index in [0.29, 0.717) is 11.1 Å². The van der Waals surface area contributed by atoms with E-state index in [0.717, 1.165) is 41.2 Å². The Bertz CT molecular complexity index is 514. The van der Waals surface area contributed by atoms with Gasteiger partial charge in [0.2, 0.25) is 0 Å². The maximum Gasteiger partial charge on any atom is 0.0640 e. The molecule has 0 radical (unpaired) electrons. The monoisotopic (exact) mass is 309 g/mol. The zero-order valence-electron chi connectivity index (χ0n) is 11.8. The fraction of sp³-hybridized carbons (Fsp3) is 0.647. The molecule has 3 heteroatoms. The Balaban J connectivity index is 1.64. The molecule has 3 fully saturated rings. The van der Waals surface area contributed by atoms with E-state index in [4.69, 9.17) is 23.2 Å². The molecule has 3 aliphatic carbocycles. The van der Waals surface area contributed by atoms with Crippen molar-refractivity contribution in [2.24, 2.45) is 29.6 Å². The molecule has 1 nitrogen and oxygen atoms in total. The number of nitrogens with one attached hydrogen (secondary N) is 1. The zero-order chi connectivity index (χ0) is 13.9. The van der Waals surface area contributed by atoms with Crippen LogP contribution in [0.1, 0.15) is 37.8 Å². The van der Waals surface area contributed by atoms with Gasteiger partial charge in [-0.3, -0.25) is 0 Å². The molecule has 0 heterocycles. The van der Waals surface area contributed by atoms with Crippen molar-refractivity contribution in [2.75, 3.05) is 6.54 Å². The van der Waals surface area contributed by atoms with Crippen LogP contribution in [-0.2, 0) is 0 Å². The topological polar surface area (TPSA) is 12.0 Å². The molecule has 3 aliphatic rings. The molecule has 0 spiro atoms. The van der Waals surface area contributed by atoms with Crippen molar-refractivity contribution in [3.05, 3.63) is 33.8 Å². The number of hydrogen-bond donors (Lipinski definition) is 1. The molecule has 1 aromatic carbocycles. The van der Waals surface area contributed by atoms with E-state index >= 15 is 0 Å². The number of hydrogen-bond acceptors (Lipinski definition) is 1. The third kappa shape index (κ3) is 1.86. The normalized spacial score (nSPS) is 38.9. The van der Waals surface area contributed by atoms with Gasteiger partial charge in [0.05, 0.1) is 10.0 Å². The quantitative estimate of drug-likeness (QED) is 0.831. The summed E-state index contributed by atoms with van der Waals surface area (Å²) in [4.78, 5) is 0. The summed E-state index contributed by atoms with van der Waals surface area (Å²) in [5.41, 5.74) is 1.21. The molecule has 0 saturated heterocycles. The number of benzene rings is 1. The number of fused-ring (bicyclic) bond motifs is 5. The lowest BCUT2D eigenvalue weighted by Crippen LogP contribution is -2.25. The standard InChI is InChI=1S/C17H21Cl2N/c1-2-20-17(11-4-3-5-12(18)16(11)19)15-13-9-6-7-10(8-9)14(13)15/h3-5,9-10,13-15,17,20H,2,6-8H2,1H3. The van der Waals surface area contributed by atoms with Crippen LogP contribution in [0, 0.1) is 29.6 Å². The zero-order valence-corrected chi connectivity index (χ0v) is 13.3. The molecule has 1 N–H and O–H groups in total. The largest absolute Gasteiger partial charge is 0.310 e. The van der Waals surface area contributed by atoms with Crippen LogP contribution in [0.2, 0.25) is 10.0 Å². The van der Waals surface area contributed by atoms with Crippen molar-refractivity contribution >= 4 is 23.2 Å². The predicted octanol–water partition coefficient (Wildman–Crippen LogP) is 4.94. The van der Waals surface area contributed by atoms with Gasteiger partial charge in [-0.2, -0.15) is 0 Å². The highest BCUT2D eigenvalue weighted by Crippen LogP contribution is 2.72. The Morgan fingerprint density at radius 2 is 1.90 bits per heavy atom. The summed E-state index contributed by atoms with van der Waals surface area (Å²) in [6.45, 7) is 3.16. The molecule has 0 amide bonds. The highest BCUT2D eigenvalue weighted by Gasteiger charge is 2.66. The minimum atomic E-state index is 0.393. The summed E-state index contributed by atoms with van der Waals surface area (Å²) in [6.07, 6.45) is 4.42. The van der Waals surface area contributed by atoms with Gasteiger partial charge in [-0.05, 0) is 67.0 Å². The summed E-state index contributed by atoms with van der Waals surface area (Å²) in [5.74, 6) is 4.68. The maximum atomic E-state index is 6.47. The van der Waals surface area contributed by atoms with Crippen molar-refractivity contribution in [3.63, 3.8) is 0 Å². The van der Waals surface area contributed by atoms with Crippen molar-refractivity contribution < 1.29 is 0 Å². The molecule has 4 rings (SSSR count). The highest BCUT2D eigenvalue weighted by atomic mass is 35.5. The fourth-order valence-electron chi connectivity index (χ4n) is 5.27. The van der Waals surface area contributed by atoms with Crippen LogP contribution in [0.3, 0.4) is 0 Å². The molecule has 0 aromatic heterocycles. The first-order valence-corrected chi connectivity index (χ1v) is 8.65. The first kappa shape index (κ1) is 13.4. The van der Waals surface area contributed by atoms with Crippen LogP contribution in [0.5, 0.6) is 0 Å². The van der Waals surface area contributed by atoms with Gasteiger partial charge in [0, 0.05) is 6.04 Å². The second-order valence-corrected chi connectivity index (χ2v) is 7.53. The number of rotatable bonds is 4. The van der Waals surface area contributed by atoms with E-state index in [9.17, 15) is 0 Å². The van der Waals surface area contributed by atoms with Gasteiger partial charge >= 0.3 is 0 Å². The smallest absolute Gasteiger partial charge is 0.0640 e. The van der Waals surface area contributed by atoms with Gasteiger partial charge in [-0.15, -0.1) is 0 Å². The Morgan fingerprint density at radius 3 is 2.55 bits per heavy atom. The first-order valence-electron chi connectivity index (χ1n) is 7.89. The lowest BCUT2D eigenvalue weighted by Gasteiger charge is -2.23. The maximum absolute atomic E-state index is 6.47. The van der Waals surface area contributed by atoms with E-state index in [1.807, 2.05) is 12.1 Å². The molecule has 5 atom stereocenters. The molecule has 0 aliphatic heterocycles. The van der Waals surface area contributed by atoms with Crippen molar-refractivity contribution in [3.8, 4) is 0 Å². The van der Waals surface area contributed by atoms with Crippen LogP contribution >= 0.6 is 23.2 Å².